The Balaban J connectivity index is 2.15. The SMILES string of the molecule is CC(C)NCC1CCCCN(C)C1c1ncc(Cl)s1. The third-order valence-corrected chi connectivity index (χ3v) is 4.98. The van der Waals surface area contributed by atoms with E-state index in [0.717, 1.165) is 17.4 Å². The van der Waals surface area contributed by atoms with Gasteiger partial charge >= 0.3 is 0 Å². The van der Waals surface area contributed by atoms with E-state index in [0.29, 0.717) is 18.0 Å². The molecule has 1 aromatic rings. The number of halogens is 1. The Hall–Kier alpha value is -0.160. The van der Waals surface area contributed by atoms with Crippen LogP contribution < -0.4 is 5.32 Å². The van der Waals surface area contributed by atoms with Crippen LogP contribution in [0.4, 0.5) is 0 Å². The molecule has 3 nitrogen and oxygen atoms in total. The van der Waals surface area contributed by atoms with Gasteiger partial charge in [-0.25, -0.2) is 4.98 Å². The average molecular weight is 302 g/mol. The molecule has 0 spiro atoms. The molecule has 2 atom stereocenters. The highest BCUT2D eigenvalue weighted by atomic mass is 35.5. The smallest absolute Gasteiger partial charge is 0.113 e. The molecule has 0 aromatic carbocycles. The summed E-state index contributed by atoms with van der Waals surface area (Å²) in [4.78, 5) is 6.98. The molecule has 1 aromatic heterocycles. The largest absolute Gasteiger partial charge is 0.314 e. The van der Waals surface area contributed by atoms with Crippen molar-refractivity contribution in [2.75, 3.05) is 20.1 Å². The zero-order valence-corrected chi connectivity index (χ0v) is 13.6. The first-order chi connectivity index (χ1) is 9.08. The predicted molar refractivity (Wildman–Crippen MR) is 83.0 cm³/mol. The third kappa shape index (κ3) is 4.15. The van der Waals surface area contributed by atoms with Gasteiger partial charge in [0.05, 0.1) is 12.2 Å². The van der Waals surface area contributed by atoms with E-state index >= 15 is 0 Å². The van der Waals surface area contributed by atoms with Crippen molar-refractivity contribution in [3.05, 3.63) is 15.5 Å². The van der Waals surface area contributed by atoms with Crippen LogP contribution in [0.5, 0.6) is 0 Å². The molecule has 1 N–H and O–H groups in total. The summed E-state index contributed by atoms with van der Waals surface area (Å²) in [5.74, 6) is 0.622. The molecule has 1 saturated heterocycles. The summed E-state index contributed by atoms with van der Waals surface area (Å²) in [7, 11) is 2.22. The van der Waals surface area contributed by atoms with Crippen LogP contribution in [0.3, 0.4) is 0 Å². The summed E-state index contributed by atoms with van der Waals surface area (Å²) in [6.07, 6.45) is 5.65. The van der Waals surface area contributed by atoms with Crippen molar-refractivity contribution in [1.29, 1.82) is 0 Å². The number of aromatic nitrogens is 1. The van der Waals surface area contributed by atoms with Gasteiger partial charge in [0, 0.05) is 12.6 Å². The van der Waals surface area contributed by atoms with Gasteiger partial charge in [0.1, 0.15) is 9.34 Å². The van der Waals surface area contributed by atoms with Crippen molar-refractivity contribution in [2.45, 2.75) is 45.2 Å². The van der Waals surface area contributed by atoms with Crippen molar-refractivity contribution >= 4 is 22.9 Å². The standard InChI is InChI=1S/C14H24ClN3S/c1-10(2)16-8-11-6-4-5-7-18(3)13(11)14-17-9-12(15)19-14/h9-11,13,16H,4-8H2,1-3H3. The summed E-state index contributed by atoms with van der Waals surface area (Å²) in [6.45, 7) is 6.62. The normalized spacial score (nSPS) is 25.7. The summed E-state index contributed by atoms with van der Waals surface area (Å²) in [5, 5.41) is 4.76. The second kappa shape index (κ2) is 7.02. The lowest BCUT2D eigenvalue weighted by Crippen LogP contribution is -2.37. The third-order valence-electron chi connectivity index (χ3n) is 3.79. The first-order valence-electron chi connectivity index (χ1n) is 7.12. The van der Waals surface area contributed by atoms with Gasteiger partial charge in [-0.15, -0.1) is 11.3 Å². The first-order valence-corrected chi connectivity index (χ1v) is 8.32. The summed E-state index contributed by atoms with van der Waals surface area (Å²) >= 11 is 7.70. The Kier molecular flexibility index (Phi) is 5.63. The number of nitrogens with zero attached hydrogens (tertiary/aromatic N) is 2. The minimum absolute atomic E-state index is 0.409. The maximum absolute atomic E-state index is 6.07. The van der Waals surface area contributed by atoms with Crippen LogP contribution >= 0.6 is 22.9 Å². The molecule has 0 amide bonds. The van der Waals surface area contributed by atoms with E-state index < -0.39 is 0 Å². The van der Waals surface area contributed by atoms with Crippen LogP contribution in [0.15, 0.2) is 6.20 Å². The summed E-state index contributed by atoms with van der Waals surface area (Å²) < 4.78 is 0.795. The van der Waals surface area contributed by atoms with E-state index in [2.05, 4.69) is 36.1 Å². The van der Waals surface area contributed by atoms with Crippen LogP contribution in [0.2, 0.25) is 4.34 Å². The second-order valence-electron chi connectivity index (χ2n) is 5.75. The lowest BCUT2D eigenvalue weighted by atomic mass is 9.94. The van der Waals surface area contributed by atoms with Gasteiger partial charge < -0.3 is 5.32 Å². The zero-order valence-electron chi connectivity index (χ0n) is 12.0. The van der Waals surface area contributed by atoms with E-state index in [-0.39, 0.29) is 0 Å². The molecular weight excluding hydrogens is 278 g/mol. The van der Waals surface area contributed by atoms with E-state index in [1.54, 1.807) is 17.5 Å². The Morgan fingerprint density at radius 1 is 1.53 bits per heavy atom. The molecule has 2 unspecified atom stereocenters. The Bertz CT molecular complexity index is 394. The quantitative estimate of drug-likeness (QED) is 0.921. The summed E-state index contributed by atoms with van der Waals surface area (Å²) in [6, 6.07) is 0.945. The van der Waals surface area contributed by atoms with E-state index in [4.69, 9.17) is 11.6 Å². The highest BCUT2D eigenvalue weighted by molar-refractivity contribution is 7.15. The maximum Gasteiger partial charge on any atom is 0.113 e. The number of hydrogen-bond donors (Lipinski definition) is 1. The van der Waals surface area contributed by atoms with Crippen LogP contribution in [-0.2, 0) is 0 Å². The number of nitrogens with one attached hydrogen (secondary N) is 1. The summed E-state index contributed by atoms with van der Waals surface area (Å²) in [5.41, 5.74) is 0. The molecule has 2 rings (SSSR count). The molecule has 0 saturated carbocycles. The predicted octanol–water partition coefficient (Wildman–Crippen LogP) is 3.57. The molecule has 0 aliphatic carbocycles. The molecule has 1 aliphatic heterocycles. The minimum atomic E-state index is 0.409. The monoisotopic (exact) mass is 301 g/mol. The topological polar surface area (TPSA) is 28.2 Å². The van der Waals surface area contributed by atoms with Crippen molar-refractivity contribution in [2.24, 2.45) is 5.92 Å². The fourth-order valence-corrected chi connectivity index (χ4v) is 4.01. The highest BCUT2D eigenvalue weighted by Crippen LogP contribution is 2.36. The van der Waals surface area contributed by atoms with E-state index in [1.165, 1.54) is 24.3 Å². The van der Waals surface area contributed by atoms with E-state index in [9.17, 15) is 0 Å². The van der Waals surface area contributed by atoms with Crippen molar-refractivity contribution in [3.63, 3.8) is 0 Å². The second-order valence-corrected chi connectivity index (χ2v) is 7.44. The number of rotatable bonds is 4. The molecule has 108 valence electrons. The first kappa shape index (κ1) is 15.2. The minimum Gasteiger partial charge on any atom is -0.314 e. The van der Waals surface area contributed by atoms with Gasteiger partial charge in [-0.2, -0.15) is 0 Å². The van der Waals surface area contributed by atoms with E-state index in [1.807, 2.05) is 0 Å². The molecular formula is C14H24ClN3S. The van der Waals surface area contributed by atoms with Gasteiger partial charge in [-0.3, -0.25) is 4.90 Å². The molecule has 19 heavy (non-hydrogen) atoms. The molecule has 1 aliphatic rings. The fourth-order valence-electron chi connectivity index (χ4n) is 2.82. The molecule has 0 bridgehead atoms. The van der Waals surface area contributed by atoms with Gasteiger partial charge in [0.25, 0.3) is 0 Å². The molecule has 5 heteroatoms. The molecule has 1 fully saturated rings. The molecule has 0 radical (unpaired) electrons. The van der Waals surface area contributed by atoms with Crippen LogP contribution in [-0.4, -0.2) is 36.1 Å². The molecule has 2 heterocycles. The van der Waals surface area contributed by atoms with Crippen LogP contribution in [0.1, 0.15) is 44.2 Å². The van der Waals surface area contributed by atoms with Gasteiger partial charge in [0.15, 0.2) is 0 Å². The lowest BCUT2D eigenvalue weighted by molar-refractivity contribution is 0.186. The Labute approximate surface area is 125 Å². The maximum atomic E-state index is 6.07. The Morgan fingerprint density at radius 2 is 2.32 bits per heavy atom. The average Bonchev–Trinajstić information content (AvgIpc) is 2.67. The van der Waals surface area contributed by atoms with Crippen molar-refractivity contribution in [1.82, 2.24) is 15.2 Å². The highest BCUT2D eigenvalue weighted by Gasteiger charge is 2.31. The van der Waals surface area contributed by atoms with Gasteiger partial charge in [-0.1, -0.05) is 31.9 Å². The Morgan fingerprint density at radius 3 is 2.95 bits per heavy atom. The number of likely N-dealkylation sites (tertiary alicyclic amines) is 1. The van der Waals surface area contributed by atoms with Crippen molar-refractivity contribution < 1.29 is 0 Å². The number of hydrogen-bond acceptors (Lipinski definition) is 4. The number of thiazole rings is 1. The van der Waals surface area contributed by atoms with Crippen LogP contribution in [0.25, 0.3) is 0 Å². The van der Waals surface area contributed by atoms with Crippen molar-refractivity contribution in [3.8, 4) is 0 Å². The fraction of sp³-hybridized carbons (Fsp3) is 0.786. The van der Waals surface area contributed by atoms with Crippen LogP contribution in [0, 0.1) is 5.92 Å². The van der Waals surface area contributed by atoms with Gasteiger partial charge in [-0.05, 0) is 32.4 Å². The van der Waals surface area contributed by atoms with Gasteiger partial charge in [0.2, 0.25) is 0 Å². The lowest BCUT2D eigenvalue weighted by Gasteiger charge is -2.31. The zero-order chi connectivity index (χ0) is 13.8.